The molecule has 1 fully saturated rings. The lowest BCUT2D eigenvalue weighted by atomic mass is 9.71. The van der Waals surface area contributed by atoms with E-state index in [0.29, 0.717) is 31.6 Å². The lowest BCUT2D eigenvalue weighted by Crippen LogP contribution is -2.40. The largest absolute Gasteiger partial charge is 0.482 e. The number of aromatic nitrogens is 1. The highest BCUT2D eigenvalue weighted by atomic mass is 35.5. The number of nitrogens with two attached hydrogens (primary N) is 2. The highest BCUT2D eigenvalue weighted by molar-refractivity contribution is 6.31. The van der Waals surface area contributed by atoms with Crippen molar-refractivity contribution in [1.29, 1.82) is 0 Å². The maximum Gasteiger partial charge on any atom is 0.244 e. The number of allylic oxidation sites excluding steroid dienone is 3. The molecule has 2 aromatic rings. The number of morpholine rings is 1. The number of carbonyl (C=O) groups excluding carboxylic acids is 1. The van der Waals surface area contributed by atoms with E-state index >= 15 is 0 Å². The molecule has 1 saturated heterocycles. The first kappa shape index (κ1) is 26.1. The van der Waals surface area contributed by atoms with Crippen LogP contribution in [0.4, 0.5) is 14.6 Å². The number of rotatable bonds is 8. The van der Waals surface area contributed by atoms with Crippen molar-refractivity contribution in [1.82, 2.24) is 9.88 Å². The van der Waals surface area contributed by atoms with Crippen LogP contribution in [0.1, 0.15) is 37.0 Å². The molecule has 2 aliphatic rings. The van der Waals surface area contributed by atoms with E-state index < -0.39 is 29.1 Å². The van der Waals surface area contributed by atoms with Crippen LogP contribution in [-0.2, 0) is 14.9 Å². The molecule has 2 atom stereocenters. The Kier molecular flexibility index (Phi) is 7.92. The van der Waals surface area contributed by atoms with Gasteiger partial charge in [0.05, 0.1) is 18.2 Å². The van der Waals surface area contributed by atoms with Crippen molar-refractivity contribution in [3.05, 3.63) is 76.0 Å². The van der Waals surface area contributed by atoms with Crippen LogP contribution in [0.15, 0.2) is 48.2 Å². The number of hydrogen-bond donors (Lipinski definition) is 2. The molecule has 4 rings (SSSR count). The van der Waals surface area contributed by atoms with Crippen LogP contribution in [0, 0.1) is 11.6 Å². The molecule has 1 amide bonds. The number of nitrogen functional groups attached to an aromatic ring is 1. The average molecular weight is 519 g/mol. The van der Waals surface area contributed by atoms with Gasteiger partial charge in [-0.2, -0.15) is 0 Å². The van der Waals surface area contributed by atoms with Crippen molar-refractivity contribution in [2.24, 2.45) is 5.73 Å². The normalized spacial score (nSPS) is 21.2. The third-order valence-electron chi connectivity index (χ3n) is 6.76. The molecule has 4 N–H and O–H groups in total. The predicted octanol–water partition coefficient (Wildman–Crippen LogP) is 4.07. The SMILES string of the molecule is CC(Oc1cc(C2(CCN3CCOCC3)C=CC=C(C(N)=O)C2)cnc1N)c1c(F)ccc(F)c1Cl. The number of hydrogen-bond acceptors (Lipinski definition) is 6. The maximum absolute atomic E-state index is 14.5. The van der Waals surface area contributed by atoms with Gasteiger partial charge in [0.15, 0.2) is 11.6 Å². The molecule has 1 aliphatic heterocycles. The molecule has 1 aromatic carbocycles. The van der Waals surface area contributed by atoms with Gasteiger partial charge in [-0.1, -0.05) is 29.8 Å². The zero-order valence-electron chi connectivity index (χ0n) is 20.0. The highest BCUT2D eigenvalue weighted by Gasteiger charge is 2.35. The van der Waals surface area contributed by atoms with E-state index in [2.05, 4.69) is 9.88 Å². The van der Waals surface area contributed by atoms with E-state index in [1.54, 1.807) is 25.3 Å². The maximum atomic E-state index is 14.5. The smallest absolute Gasteiger partial charge is 0.244 e. The van der Waals surface area contributed by atoms with Crippen molar-refractivity contribution in [2.75, 3.05) is 38.6 Å². The van der Waals surface area contributed by atoms with Crippen LogP contribution in [-0.4, -0.2) is 48.6 Å². The van der Waals surface area contributed by atoms with E-state index in [1.807, 2.05) is 12.2 Å². The van der Waals surface area contributed by atoms with E-state index in [0.717, 1.165) is 37.3 Å². The third-order valence-corrected chi connectivity index (χ3v) is 7.14. The summed E-state index contributed by atoms with van der Waals surface area (Å²) in [5.74, 6) is -1.63. The number of ether oxygens (including phenoxy) is 2. The summed E-state index contributed by atoms with van der Waals surface area (Å²) in [6.45, 7) is 5.31. The Labute approximate surface area is 213 Å². The number of nitrogens with zero attached hydrogens (tertiary/aromatic N) is 2. The van der Waals surface area contributed by atoms with Gasteiger partial charge in [-0.3, -0.25) is 9.69 Å². The van der Waals surface area contributed by atoms with Crippen molar-refractivity contribution in [3.8, 4) is 5.75 Å². The predicted molar refractivity (Wildman–Crippen MR) is 134 cm³/mol. The minimum atomic E-state index is -0.945. The van der Waals surface area contributed by atoms with Crippen LogP contribution >= 0.6 is 11.6 Å². The summed E-state index contributed by atoms with van der Waals surface area (Å²) < 4.78 is 39.8. The molecular formula is C26H29ClF2N4O3. The van der Waals surface area contributed by atoms with Gasteiger partial charge in [0, 0.05) is 35.8 Å². The lowest BCUT2D eigenvalue weighted by molar-refractivity contribution is -0.114. The van der Waals surface area contributed by atoms with Crippen LogP contribution < -0.4 is 16.2 Å². The van der Waals surface area contributed by atoms with Crippen LogP contribution in [0.3, 0.4) is 0 Å². The van der Waals surface area contributed by atoms with Gasteiger partial charge in [0.25, 0.3) is 0 Å². The Morgan fingerprint density at radius 1 is 1.31 bits per heavy atom. The van der Waals surface area contributed by atoms with Gasteiger partial charge in [-0.05, 0) is 50.1 Å². The Hall–Kier alpha value is -3.01. The molecule has 0 bridgehead atoms. The first-order valence-electron chi connectivity index (χ1n) is 11.7. The molecule has 0 saturated carbocycles. The first-order chi connectivity index (χ1) is 17.2. The second-order valence-corrected chi connectivity index (χ2v) is 9.45. The molecule has 0 radical (unpaired) electrons. The van der Waals surface area contributed by atoms with Crippen LogP contribution in [0.25, 0.3) is 0 Å². The number of anilines is 1. The van der Waals surface area contributed by atoms with E-state index in [-0.39, 0.29) is 22.2 Å². The Balaban J connectivity index is 1.65. The van der Waals surface area contributed by atoms with Crippen LogP contribution in [0.2, 0.25) is 5.02 Å². The molecule has 2 heterocycles. The number of carbonyl (C=O) groups is 1. The van der Waals surface area contributed by atoms with Crippen LogP contribution in [0.5, 0.6) is 5.75 Å². The van der Waals surface area contributed by atoms with Crippen molar-refractivity contribution < 1.29 is 23.0 Å². The number of amides is 1. The van der Waals surface area contributed by atoms with Gasteiger partial charge in [0.1, 0.15) is 17.7 Å². The molecule has 10 heteroatoms. The summed E-state index contributed by atoms with van der Waals surface area (Å²) in [4.78, 5) is 18.7. The first-order valence-corrected chi connectivity index (χ1v) is 12.1. The summed E-state index contributed by atoms with van der Waals surface area (Å²) in [6.07, 6.45) is 7.34. The van der Waals surface area contributed by atoms with Gasteiger partial charge < -0.3 is 20.9 Å². The van der Waals surface area contributed by atoms with Gasteiger partial charge in [0.2, 0.25) is 5.91 Å². The third kappa shape index (κ3) is 5.53. The lowest BCUT2D eigenvalue weighted by Gasteiger charge is -2.37. The number of halogens is 3. The zero-order chi connectivity index (χ0) is 25.9. The van der Waals surface area contributed by atoms with E-state index in [4.69, 9.17) is 32.5 Å². The number of primary amides is 1. The Bertz CT molecular complexity index is 1200. The summed E-state index contributed by atoms with van der Waals surface area (Å²) in [6, 6.07) is 3.69. The van der Waals surface area contributed by atoms with Gasteiger partial charge >= 0.3 is 0 Å². The fourth-order valence-corrected chi connectivity index (χ4v) is 4.97. The molecule has 2 unspecified atom stereocenters. The molecule has 1 aromatic heterocycles. The molecule has 36 heavy (non-hydrogen) atoms. The Morgan fingerprint density at radius 2 is 2.03 bits per heavy atom. The van der Waals surface area contributed by atoms with E-state index in [1.165, 1.54) is 0 Å². The molecular weight excluding hydrogens is 490 g/mol. The van der Waals surface area contributed by atoms with Crippen molar-refractivity contribution in [2.45, 2.75) is 31.3 Å². The minimum absolute atomic E-state index is 0.0901. The average Bonchev–Trinajstić information content (AvgIpc) is 2.87. The highest BCUT2D eigenvalue weighted by Crippen LogP contribution is 2.42. The van der Waals surface area contributed by atoms with Crippen molar-refractivity contribution in [3.63, 3.8) is 0 Å². The summed E-state index contributed by atoms with van der Waals surface area (Å²) in [5.41, 5.74) is 12.3. The van der Waals surface area contributed by atoms with Gasteiger partial charge in [-0.15, -0.1) is 0 Å². The number of pyridine rings is 1. The second kappa shape index (κ2) is 10.9. The Morgan fingerprint density at radius 3 is 2.75 bits per heavy atom. The van der Waals surface area contributed by atoms with E-state index in [9.17, 15) is 13.6 Å². The molecule has 7 nitrogen and oxygen atoms in total. The fraction of sp³-hybridized carbons (Fsp3) is 0.385. The summed E-state index contributed by atoms with van der Waals surface area (Å²) in [7, 11) is 0. The quantitative estimate of drug-likeness (QED) is 0.511. The molecule has 0 spiro atoms. The minimum Gasteiger partial charge on any atom is -0.482 e. The second-order valence-electron chi connectivity index (χ2n) is 9.08. The molecule has 1 aliphatic carbocycles. The standard InChI is InChI=1S/C26H29ClF2N4O3/c1-16(22-19(28)4-5-20(29)23(22)27)36-21-13-18(15-32-24(21)30)26(6-2-3-17(14-26)25(31)34)7-8-33-9-11-35-12-10-33/h2-6,13,15-16H,7-12,14H2,1H3,(H2,30,32)(H2,31,34). The van der Waals surface area contributed by atoms with Gasteiger partial charge in [-0.25, -0.2) is 13.8 Å². The zero-order valence-corrected chi connectivity index (χ0v) is 20.7. The molecule has 192 valence electrons. The van der Waals surface area contributed by atoms with Crippen molar-refractivity contribution >= 4 is 23.3 Å². The number of benzene rings is 1. The topological polar surface area (TPSA) is 104 Å². The summed E-state index contributed by atoms with van der Waals surface area (Å²) >= 11 is 6.02. The summed E-state index contributed by atoms with van der Waals surface area (Å²) in [5, 5.41) is -0.349. The fourth-order valence-electron chi connectivity index (χ4n) is 4.66. The monoisotopic (exact) mass is 518 g/mol.